The SMILES string of the molecule is CC(C)CCN(c1ncccc1CCl)C1CC1. The predicted octanol–water partition coefficient (Wildman–Crippen LogP) is 3.84. The van der Waals surface area contributed by atoms with E-state index < -0.39 is 0 Å². The van der Waals surface area contributed by atoms with Gasteiger partial charge in [0.1, 0.15) is 5.82 Å². The smallest absolute Gasteiger partial charge is 0.133 e. The summed E-state index contributed by atoms with van der Waals surface area (Å²) in [5.74, 6) is 2.39. The molecular weight excluding hydrogens is 232 g/mol. The lowest BCUT2D eigenvalue weighted by Crippen LogP contribution is -2.29. The van der Waals surface area contributed by atoms with E-state index >= 15 is 0 Å². The van der Waals surface area contributed by atoms with Crippen molar-refractivity contribution in [2.24, 2.45) is 5.92 Å². The topological polar surface area (TPSA) is 16.1 Å². The van der Waals surface area contributed by atoms with E-state index in [4.69, 9.17) is 11.6 Å². The molecule has 1 fully saturated rings. The number of anilines is 1. The van der Waals surface area contributed by atoms with Crippen molar-refractivity contribution in [2.75, 3.05) is 11.4 Å². The Morgan fingerprint density at radius 1 is 1.47 bits per heavy atom. The molecule has 1 heterocycles. The molecule has 2 nitrogen and oxygen atoms in total. The van der Waals surface area contributed by atoms with E-state index in [0.717, 1.165) is 23.8 Å². The van der Waals surface area contributed by atoms with E-state index in [-0.39, 0.29) is 0 Å². The number of pyridine rings is 1. The summed E-state index contributed by atoms with van der Waals surface area (Å²) in [4.78, 5) is 6.99. The van der Waals surface area contributed by atoms with Crippen molar-refractivity contribution in [2.45, 2.75) is 45.0 Å². The molecule has 0 unspecified atom stereocenters. The first-order valence-electron chi connectivity index (χ1n) is 6.49. The molecule has 94 valence electrons. The first kappa shape index (κ1) is 12.7. The zero-order valence-electron chi connectivity index (χ0n) is 10.7. The van der Waals surface area contributed by atoms with E-state index in [1.54, 1.807) is 0 Å². The minimum atomic E-state index is 0.550. The van der Waals surface area contributed by atoms with Gasteiger partial charge in [0.25, 0.3) is 0 Å². The molecule has 1 aromatic heterocycles. The van der Waals surface area contributed by atoms with Crippen LogP contribution in [-0.2, 0) is 5.88 Å². The molecule has 1 aliphatic carbocycles. The van der Waals surface area contributed by atoms with Gasteiger partial charge in [-0.15, -0.1) is 11.6 Å². The van der Waals surface area contributed by atoms with Gasteiger partial charge in [0, 0.05) is 24.3 Å². The Bertz CT molecular complexity index is 361. The third-order valence-corrected chi connectivity index (χ3v) is 3.51. The van der Waals surface area contributed by atoms with Gasteiger partial charge in [-0.1, -0.05) is 19.9 Å². The van der Waals surface area contributed by atoms with Gasteiger partial charge in [-0.25, -0.2) is 4.98 Å². The molecule has 0 saturated heterocycles. The highest BCUT2D eigenvalue weighted by Gasteiger charge is 2.30. The third-order valence-electron chi connectivity index (χ3n) is 3.22. The number of aromatic nitrogens is 1. The maximum absolute atomic E-state index is 6.00. The standard InChI is InChI=1S/C14H21ClN2/c1-11(2)7-9-17(13-5-6-13)14-12(10-15)4-3-8-16-14/h3-4,8,11,13H,5-7,9-10H2,1-2H3. The largest absolute Gasteiger partial charge is 0.353 e. The molecule has 0 spiro atoms. The molecule has 0 radical (unpaired) electrons. The molecule has 17 heavy (non-hydrogen) atoms. The highest BCUT2D eigenvalue weighted by molar-refractivity contribution is 6.17. The molecule has 1 saturated carbocycles. The molecule has 3 heteroatoms. The van der Waals surface area contributed by atoms with Gasteiger partial charge in [0.05, 0.1) is 5.88 Å². The molecule has 0 aromatic carbocycles. The van der Waals surface area contributed by atoms with Crippen LogP contribution in [0.4, 0.5) is 5.82 Å². The quantitative estimate of drug-likeness (QED) is 0.716. The summed E-state index contributed by atoms with van der Waals surface area (Å²) in [5, 5.41) is 0. The number of rotatable bonds is 6. The summed E-state index contributed by atoms with van der Waals surface area (Å²) in [6, 6.07) is 4.75. The molecule has 0 N–H and O–H groups in total. The number of nitrogens with zero attached hydrogens (tertiary/aromatic N) is 2. The number of hydrogen-bond acceptors (Lipinski definition) is 2. The highest BCUT2D eigenvalue weighted by Crippen LogP contribution is 2.33. The van der Waals surface area contributed by atoms with Crippen LogP contribution < -0.4 is 4.90 Å². The fraction of sp³-hybridized carbons (Fsp3) is 0.643. The molecule has 2 rings (SSSR count). The molecule has 0 amide bonds. The van der Waals surface area contributed by atoms with Crippen molar-refractivity contribution >= 4 is 17.4 Å². The average Bonchev–Trinajstić information content (AvgIpc) is 3.14. The second kappa shape index (κ2) is 5.72. The van der Waals surface area contributed by atoms with Gasteiger partial charge < -0.3 is 4.90 Å². The Labute approximate surface area is 109 Å². The Morgan fingerprint density at radius 2 is 2.24 bits per heavy atom. The summed E-state index contributed by atoms with van der Waals surface area (Å²) in [7, 11) is 0. The lowest BCUT2D eigenvalue weighted by Gasteiger charge is -2.26. The van der Waals surface area contributed by atoms with Crippen LogP contribution in [-0.4, -0.2) is 17.6 Å². The molecular formula is C14H21ClN2. The summed E-state index contributed by atoms with van der Waals surface area (Å²) < 4.78 is 0. The normalized spacial score (nSPS) is 15.3. The van der Waals surface area contributed by atoms with Crippen molar-refractivity contribution in [3.05, 3.63) is 23.9 Å². The molecule has 0 bridgehead atoms. The second-order valence-electron chi connectivity index (χ2n) is 5.23. The van der Waals surface area contributed by atoms with E-state index in [2.05, 4.69) is 29.8 Å². The summed E-state index contributed by atoms with van der Waals surface area (Å²) >= 11 is 6.00. The first-order valence-corrected chi connectivity index (χ1v) is 7.02. The average molecular weight is 253 g/mol. The molecule has 0 aliphatic heterocycles. The van der Waals surface area contributed by atoms with Crippen molar-refractivity contribution in [1.82, 2.24) is 4.98 Å². The molecule has 1 aromatic rings. The minimum Gasteiger partial charge on any atom is -0.353 e. The van der Waals surface area contributed by atoms with E-state index in [9.17, 15) is 0 Å². The Morgan fingerprint density at radius 3 is 2.82 bits per heavy atom. The van der Waals surface area contributed by atoms with Crippen LogP contribution in [0.3, 0.4) is 0 Å². The summed E-state index contributed by atoms with van der Waals surface area (Å²) in [6.07, 6.45) is 5.69. The van der Waals surface area contributed by atoms with Gasteiger partial charge in [0.2, 0.25) is 0 Å². The fourth-order valence-corrected chi connectivity index (χ4v) is 2.25. The number of alkyl halides is 1. The second-order valence-corrected chi connectivity index (χ2v) is 5.49. The van der Waals surface area contributed by atoms with E-state index in [0.29, 0.717) is 11.9 Å². The number of hydrogen-bond donors (Lipinski definition) is 0. The Balaban J connectivity index is 2.14. The maximum Gasteiger partial charge on any atom is 0.133 e. The maximum atomic E-state index is 6.00. The fourth-order valence-electron chi connectivity index (χ4n) is 2.04. The molecule has 1 aliphatic rings. The van der Waals surface area contributed by atoms with Gasteiger partial charge in [-0.05, 0) is 31.2 Å². The van der Waals surface area contributed by atoms with Crippen molar-refractivity contribution in [3.63, 3.8) is 0 Å². The van der Waals surface area contributed by atoms with Crippen LogP contribution in [0.2, 0.25) is 0 Å². The van der Waals surface area contributed by atoms with Crippen LogP contribution in [0.15, 0.2) is 18.3 Å². The van der Waals surface area contributed by atoms with Crippen molar-refractivity contribution in [1.29, 1.82) is 0 Å². The van der Waals surface area contributed by atoms with E-state index in [1.807, 2.05) is 12.3 Å². The van der Waals surface area contributed by atoms with Crippen molar-refractivity contribution < 1.29 is 0 Å². The Hall–Kier alpha value is -0.760. The highest BCUT2D eigenvalue weighted by atomic mass is 35.5. The minimum absolute atomic E-state index is 0.550. The van der Waals surface area contributed by atoms with Gasteiger partial charge in [-0.2, -0.15) is 0 Å². The van der Waals surface area contributed by atoms with Crippen LogP contribution in [0.25, 0.3) is 0 Å². The lowest BCUT2D eigenvalue weighted by molar-refractivity contribution is 0.568. The lowest BCUT2D eigenvalue weighted by atomic mass is 10.1. The monoisotopic (exact) mass is 252 g/mol. The first-order chi connectivity index (χ1) is 8.22. The van der Waals surface area contributed by atoms with Gasteiger partial charge >= 0.3 is 0 Å². The zero-order valence-corrected chi connectivity index (χ0v) is 11.5. The predicted molar refractivity (Wildman–Crippen MR) is 73.6 cm³/mol. The van der Waals surface area contributed by atoms with Crippen LogP contribution in [0.1, 0.15) is 38.7 Å². The van der Waals surface area contributed by atoms with Crippen LogP contribution in [0, 0.1) is 5.92 Å². The molecule has 0 atom stereocenters. The third kappa shape index (κ3) is 3.35. The van der Waals surface area contributed by atoms with Gasteiger partial charge in [-0.3, -0.25) is 0 Å². The van der Waals surface area contributed by atoms with Crippen LogP contribution >= 0.6 is 11.6 Å². The van der Waals surface area contributed by atoms with Crippen LogP contribution in [0.5, 0.6) is 0 Å². The summed E-state index contributed by atoms with van der Waals surface area (Å²) in [5.41, 5.74) is 1.16. The van der Waals surface area contributed by atoms with Crippen molar-refractivity contribution in [3.8, 4) is 0 Å². The van der Waals surface area contributed by atoms with Gasteiger partial charge in [0.15, 0.2) is 0 Å². The summed E-state index contributed by atoms with van der Waals surface area (Å²) in [6.45, 7) is 5.64. The Kier molecular flexibility index (Phi) is 4.27. The van der Waals surface area contributed by atoms with E-state index in [1.165, 1.54) is 19.3 Å². The zero-order chi connectivity index (χ0) is 12.3. The number of halogens is 1.